The molecule has 23 heavy (non-hydrogen) atoms. The summed E-state index contributed by atoms with van der Waals surface area (Å²) in [6.45, 7) is -1.32. The molecule has 1 aliphatic heterocycles. The van der Waals surface area contributed by atoms with Crippen molar-refractivity contribution < 1.29 is 28.2 Å². The third kappa shape index (κ3) is 4.17. The molecule has 1 aromatic carbocycles. The van der Waals surface area contributed by atoms with Gasteiger partial charge in [0.1, 0.15) is 18.1 Å². The summed E-state index contributed by atoms with van der Waals surface area (Å²) < 4.78 is 29.5. The van der Waals surface area contributed by atoms with Crippen molar-refractivity contribution in [3.8, 4) is 5.75 Å². The Morgan fingerprint density at radius 1 is 1.35 bits per heavy atom. The topological polar surface area (TPSA) is 78.9 Å². The second-order valence-electron chi connectivity index (χ2n) is 4.54. The number of anilines is 1. The van der Waals surface area contributed by atoms with Crippen LogP contribution in [0.4, 0.5) is 14.5 Å². The number of ether oxygens (including phenoxy) is 1. The number of nitrogens with zero attached hydrogens (tertiary/aromatic N) is 1. The molecule has 0 saturated carbocycles. The van der Waals surface area contributed by atoms with Crippen LogP contribution >= 0.6 is 11.6 Å². The van der Waals surface area contributed by atoms with E-state index in [2.05, 4.69) is 5.32 Å². The van der Waals surface area contributed by atoms with Crippen molar-refractivity contribution in [1.82, 2.24) is 4.90 Å². The summed E-state index contributed by atoms with van der Waals surface area (Å²) in [6.07, 6.45) is -1.61. The van der Waals surface area contributed by atoms with Crippen LogP contribution in [0.1, 0.15) is 0 Å². The van der Waals surface area contributed by atoms with E-state index in [-0.39, 0.29) is 30.3 Å². The number of hydrogen-bond donors (Lipinski definition) is 2. The van der Waals surface area contributed by atoms with Crippen molar-refractivity contribution in [2.45, 2.75) is 6.43 Å². The normalized spacial score (nSPS) is 14.5. The van der Waals surface area contributed by atoms with Crippen molar-refractivity contribution in [2.75, 3.05) is 25.1 Å². The molecule has 0 atom stereocenters. The van der Waals surface area contributed by atoms with Gasteiger partial charge in [-0.3, -0.25) is 14.5 Å². The standard InChI is InChI=1S/C14H13ClF2N2O4/c15-8-1-2-11(23-7-12(16)17)9(5-8)18-10-6-13(21)19(3-4-20)14(10)22/h1-2,5-6,12,18,20H,3-4,7H2. The third-order valence-electron chi connectivity index (χ3n) is 2.91. The molecule has 0 aliphatic carbocycles. The van der Waals surface area contributed by atoms with Crippen LogP contribution in [0.5, 0.6) is 5.75 Å². The molecule has 0 radical (unpaired) electrons. The van der Waals surface area contributed by atoms with Crippen LogP contribution < -0.4 is 10.1 Å². The first-order valence-electron chi connectivity index (χ1n) is 6.58. The van der Waals surface area contributed by atoms with Crippen molar-refractivity contribution >= 4 is 29.1 Å². The molecular weight excluding hydrogens is 334 g/mol. The molecule has 0 bridgehead atoms. The van der Waals surface area contributed by atoms with Gasteiger partial charge in [0.2, 0.25) is 0 Å². The van der Waals surface area contributed by atoms with Gasteiger partial charge >= 0.3 is 0 Å². The van der Waals surface area contributed by atoms with Crippen LogP contribution in [-0.2, 0) is 9.59 Å². The van der Waals surface area contributed by atoms with Gasteiger partial charge < -0.3 is 15.2 Å². The number of amides is 2. The predicted molar refractivity (Wildman–Crippen MR) is 78.5 cm³/mol. The van der Waals surface area contributed by atoms with Crippen molar-refractivity contribution in [3.63, 3.8) is 0 Å². The lowest BCUT2D eigenvalue weighted by molar-refractivity contribution is -0.137. The Balaban J connectivity index is 2.19. The summed E-state index contributed by atoms with van der Waals surface area (Å²) >= 11 is 5.85. The molecule has 0 aromatic heterocycles. The zero-order chi connectivity index (χ0) is 17.0. The maximum absolute atomic E-state index is 12.3. The third-order valence-corrected chi connectivity index (χ3v) is 3.14. The predicted octanol–water partition coefficient (Wildman–Crippen LogP) is 1.64. The Morgan fingerprint density at radius 3 is 2.74 bits per heavy atom. The smallest absolute Gasteiger partial charge is 0.277 e. The molecule has 0 unspecified atom stereocenters. The lowest BCUT2D eigenvalue weighted by Gasteiger charge is -2.15. The number of nitrogens with one attached hydrogen (secondary N) is 1. The average molecular weight is 347 g/mol. The quantitative estimate of drug-likeness (QED) is 0.734. The number of carbonyl (C=O) groups is 2. The first kappa shape index (κ1) is 17.2. The van der Waals surface area contributed by atoms with Gasteiger partial charge in [0.15, 0.2) is 0 Å². The van der Waals surface area contributed by atoms with E-state index in [4.69, 9.17) is 21.4 Å². The fourth-order valence-electron chi connectivity index (χ4n) is 1.93. The first-order chi connectivity index (χ1) is 10.9. The van der Waals surface area contributed by atoms with E-state index in [1.807, 2.05) is 0 Å². The van der Waals surface area contributed by atoms with Gasteiger partial charge in [0, 0.05) is 11.1 Å². The number of β-amino-alcohol motifs (C(OH)–C–C–N with tert-alkyl or cyclic N) is 1. The highest BCUT2D eigenvalue weighted by Crippen LogP contribution is 2.30. The Bertz CT molecular complexity index is 652. The molecule has 0 fully saturated rings. The zero-order valence-corrected chi connectivity index (χ0v) is 12.5. The number of halogens is 3. The SMILES string of the molecule is O=C1C=C(Nc2cc(Cl)ccc2OCC(F)F)C(=O)N1CCO. The number of aliphatic hydroxyl groups excluding tert-OH is 1. The molecule has 0 spiro atoms. The van der Waals surface area contributed by atoms with Crippen LogP contribution in [0.3, 0.4) is 0 Å². The highest BCUT2D eigenvalue weighted by atomic mass is 35.5. The molecule has 1 aromatic rings. The Morgan fingerprint density at radius 2 is 2.09 bits per heavy atom. The summed E-state index contributed by atoms with van der Waals surface area (Å²) in [5, 5.41) is 11.8. The van der Waals surface area contributed by atoms with Crippen molar-refractivity contribution in [2.24, 2.45) is 0 Å². The summed E-state index contributed by atoms with van der Waals surface area (Å²) in [5.74, 6) is -1.15. The maximum Gasteiger partial charge on any atom is 0.277 e. The molecule has 6 nitrogen and oxygen atoms in total. The maximum atomic E-state index is 12.3. The summed E-state index contributed by atoms with van der Waals surface area (Å²) in [5.41, 5.74) is 0.115. The number of imide groups is 1. The van der Waals surface area contributed by atoms with E-state index in [9.17, 15) is 18.4 Å². The molecule has 0 saturated heterocycles. The van der Waals surface area contributed by atoms with Gasteiger partial charge in [-0.05, 0) is 18.2 Å². The summed E-state index contributed by atoms with van der Waals surface area (Å²) in [4.78, 5) is 24.6. The monoisotopic (exact) mass is 346 g/mol. The van der Waals surface area contributed by atoms with Gasteiger partial charge in [-0.2, -0.15) is 0 Å². The Hall–Kier alpha value is -2.19. The van der Waals surface area contributed by atoms with E-state index in [0.29, 0.717) is 5.02 Å². The lowest BCUT2D eigenvalue weighted by Crippen LogP contribution is -2.34. The minimum absolute atomic E-state index is 0.0624. The van der Waals surface area contributed by atoms with Crippen molar-refractivity contribution in [3.05, 3.63) is 35.0 Å². The second kappa shape index (κ2) is 7.38. The molecule has 9 heteroatoms. The number of hydrogen-bond acceptors (Lipinski definition) is 5. The lowest BCUT2D eigenvalue weighted by atomic mass is 10.2. The largest absolute Gasteiger partial charge is 0.485 e. The van der Waals surface area contributed by atoms with Crippen LogP contribution in [0, 0.1) is 0 Å². The first-order valence-corrected chi connectivity index (χ1v) is 6.96. The number of benzene rings is 1. The Kier molecular flexibility index (Phi) is 5.51. The van der Waals surface area contributed by atoms with Crippen molar-refractivity contribution in [1.29, 1.82) is 0 Å². The molecule has 2 amide bonds. The van der Waals surface area contributed by atoms with Crippen LogP contribution in [0.15, 0.2) is 30.0 Å². The number of alkyl halides is 2. The summed E-state index contributed by atoms with van der Waals surface area (Å²) in [7, 11) is 0. The van der Waals surface area contributed by atoms with E-state index in [1.54, 1.807) is 0 Å². The number of aliphatic hydroxyl groups is 1. The second-order valence-corrected chi connectivity index (χ2v) is 4.98. The summed E-state index contributed by atoms with van der Waals surface area (Å²) in [6, 6.07) is 4.21. The Labute approximate surface area is 135 Å². The highest BCUT2D eigenvalue weighted by Gasteiger charge is 2.31. The number of carbonyl (C=O) groups excluding carboxylic acids is 2. The van der Waals surface area contributed by atoms with Gasteiger partial charge in [0.25, 0.3) is 18.2 Å². The highest BCUT2D eigenvalue weighted by molar-refractivity contribution is 6.31. The average Bonchev–Trinajstić information content (AvgIpc) is 2.74. The molecule has 1 aliphatic rings. The molecular formula is C14H13ClF2N2O4. The van der Waals surface area contributed by atoms with E-state index >= 15 is 0 Å². The van der Waals surface area contributed by atoms with Gasteiger partial charge in [0.05, 0.1) is 18.8 Å². The minimum atomic E-state index is -2.66. The fourth-order valence-corrected chi connectivity index (χ4v) is 2.11. The zero-order valence-electron chi connectivity index (χ0n) is 11.8. The molecule has 124 valence electrons. The molecule has 1 heterocycles. The van der Waals surface area contributed by atoms with Crippen LogP contribution in [0.25, 0.3) is 0 Å². The van der Waals surface area contributed by atoms with E-state index in [1.165, 1.54) is 18.2 Å². The molecule has 2 rings (SSSR count). The van der Waals surface area contributed by atoms with Gasteiger partial charge in [-0.1, -0.05) is 11.6 Å². The van der Waals surface area contributed by atoms with Crippen LogP contribution in [-0.4, -0.2) is 48.0 Å². The van der Waals surface area contributed by atoms with Crippen LogP contribution in [0.2, 0.25) is 5.02 Å². The van der Waals surface area contributed by atoms with E-state index < -0.39 is 24.8 Å². The number of rotatable bonds is 7. The van der Waals surface area contributed by atoms with Gasteiger partial charge in [-0.25, -0.2) is 8.78 Å². The van der Waals surface area contributed by atoms with E-state index in [0.717, 1.165) is 11.0 Å². The molecule has 2 N–H and O–H groups in total. The minimum Gasteiger partial charge on any atom is -0.485 e. The van der Waals surface area contributed by atoms with Gasteiger partial charge in [-0.15, -0.1) is 0 Å². The fraction of sp³-hybridized carbons (Fsp3) is 0.286.